The second kappa shape index (κ2) is 6.05. The number of hydrogen-bond donors (Lipinski definition) is 2. The molecule has 3 N–H and O–H groups in total. The third-order valence-corrected chi connectivity index (χ3v) is 3.46. The van der Waals surface area contributed by atoms with Crippen molar-refractivity contribution >= 4 is 22.9 Å². The van der Waals surface area contributed by atoms with Gasteiger partial charge in [-0.1, -0.05) is 25.2 Å². The zero-order chi connectivity index (χ0) is 14.7. The Morgan fingerprint density at radius 1 is 1.45 bits per heavy atom. The molecule has 0 atom stereocenters. The summed E-state index contributed by atoms with van der Waals surface area (Å²) in [5.74, 6) is 0. The lowest BCUT2D eigenvalue weighted by Crippen LogP contribution is -2.13. The number of nitrogens with one attached hydrogen (secondary N) is 1. The molecule has 0 aliphatic rings. The van der Waals surface area contributed by atoms with Gasteiger partial charge >= 0.3 is 0 Å². The number of aromatic nitrogens is 2. The average Bonchev–Trinajstić information content (AvgIpc) is 2.76. The molecule has 2 rings (SSSR count). The van der Waals surface area contributed by atoms with Crippen molar-refractivity contribution < 1.29 is 0 Å². The highest BCUT2D eigenvalue weighted by molar-refractivity contribution is 7.80. The molecule has 106 valence electrons. The number of rotatable bonds is 5. The van der Waals surface area contributed by atoms with Crippen molar-refractivity contribution in [3.63, 3.8) is 0 Å². The molecule has 0 bridgehead atoms. The van der Waals surface area contributed by atoms with E-state index < -0.39 is 0 Å². The van der Waals surface area contributed by atoms with Gasteiger partial charge in [0, 0.05) is 36.6 Å². The molecule has 0 saturated carbocycles. The molecule has 0 saturated heterocycles. The van der Waals surface area contributed by atoms with E-state index in [-0.39, 0.29) is 0 Å². The first-order valence-electron chi connectivity index (χ1n) is 6.67. The predicted molar refractivity (Wildman–Crippen MR) is 87.0 cm³/mol. The van der Waals surface area contributed by atoms with E-state index in [2.05, 4.69) is 30.3 Å². The first kappa shape index (κ1) is 14.5. The maximum absolute atomic E-state index is 5.77. The molecular formula is C15H20N4S. The van der Waals surface area contributed by atoms with E-state index >= 15 is 0 Å². The Balaban J connectivity index is 2.22. The fourth-order valence-electron chi connectivity index (χ4n) is 2.24. The van der Waals surface area contributed by atoms with Crippen LogP contribution >= 0.6 is 12.2 Å². The van der Waals surface area contributed by atoms with Crippen molar-refractivity contribution in [2.45, 2.75) is 26.8 Å². The van der Waals surface area contributed by atoms with Crippen LogP contribution in [-0.2, 0) is 20.0 Å². The number of aryl methyl sites for hydroxylation is 3. The molecule has 0 aliphatic heterocycles. The van der Waals surface area contributed by atoms with E-state index in [1.54, 1.807) is 0 Å². The van der Waals surface area contributed by atoms with E-state index in [9.17, 15) is 0 Å². The van der Waals surface area contributed by atoms with Crippen LogP contribution in [0.3, 0.4) is 0 Å². The Bertz CT molecular complexity index is 631. The molecule has 0 unspecified atom stereocenters. The summed E-state index contributed by atoms with van der Waals surface area (Å²) in [5.41, 5.74) is 11.1. The number of benzene rings is 1. The number of hydrogen-bond acceptors (Lipinski definition) is 3. The molecule has 0 amide bonds. The molecule has 4 nitrogen and oxygen atoms in total. The summed E-state index contributed by atoms with van der Waals surface area (Å²) in [6.45, 7) is 4.88. The van der Waals surface area contributed by atoms with Gasteiger partial charge in [-0.05, 0) is 31.0 Å². The maximum atomic E-state index is 5.77. The Labute approximate surface area is 125 Å². The zero-order valence-corrected chi connectivity index (χ0v) is 12.9. The molecular weight excluding hydrogens is 268 g/mol. The Hall–Kier alpha value is -1.88. The number of nitrogens with two attached hydrogens (primary N) is 1. The van der Waals surface area contributed by atoms with E-state index in [0.29, 0.717) is 4.99 Å². The molecule has 5 heteroatoms. The minimum atomic E-state index is 0.411. The third-order valence-electron chi connectivity index (χ3n) is 3.24. The normalized spacial score (nSPS) is 10.6. The summed E-state index contributed by atoms with van der Waals surface area (Å²) in [6.07, 6.45) is 2.97. The minimum Gasteiger partial charge on any atom is -0.389 e. The topological polar surface area (TPSA) is 55.9 Å². The molecule has 0 radical (unpaired) electrons. The van der Waals surface area contributed by atoms with Crippen LogP contribution in [0.15, 0.2) is 24.4 Å². The highest BCUT2D eigenvalue weighted by Crippen LogP contribution is 2.19. The summed E-state index contributed by atoms with van der Waals surface area (Å²) in [7, 11) is 1.94. The second-order valence-electron chi connectivity index (χ2n) is 4.90. The Morgan fingerprint density at radius 3 is 2.85 bits per heavy atom. The van der Waals surface area contributed by atoms with Crippen LogP contribution in [0.2, 0.25) is 0 Å². The first-order valence-corrected chi connectivity index (χ1v) is 7.07. The zero-order valence-electron chi connectivity index (χ0n) is 12.1. The smallest absolute Gasteiger partial charge is 0.106 e. The van der Waals surface area contributed by atoms with Gasteiger partial charge in [-0.3, -0.25) is 4.68 Å². The van der Waals surface area contributed by atoms with Crippen molar-refractivity contribution in [2.75, 3.05) is 5.32 Å². The predicted octanol–water partition coefficient (Wildman–Crippen LogP) is 2.54. The lowest BCUT2D eigenvalue weighted by molar-refractivity contribution is 0.746. The lowest BCUT2D eigenvalue weighted by atomic mass is 10.1. The van der Waals surface area contributed by atoms with Gasteiger partial charge in [-0.2, -0.15) is 5.10 Å². The average molecular weight is 288 g/mol. The van der Waals surface area contributed by atoms with E-state index in [1.807, 2.05) is 30.1 Å². The highest BCUT2D eigenvalue weighted by atomic mass is 32.1. The fraction of sp³-hybridized carbons (Fsp3) is 0.333. The van der Waals surface area contributed by atoms with Crippen LogP contribution < -0.4 is 11.1 Å². The highest BCUT2D eigenvalue weighted by Gasteiger charge is 2.08. The van der Waals surface area contributed by atoms with E-state index in [4.69, 9.17) is 18.0 Å². The van der Waals surface area contributed by atoms with Crippen molar-refractivity contribution in [1.29, 1.82) is 0 Å². The standard InChI is InChI=1S/C15H20N4S/c1-4-13-11(9-19(3)18-13)8-17-14-7-10(2)5-6-12(14)15(16)20/h5-7,9,17H,4,8H2,1-3H3,(H2,16,20). The van der Waals surface area contributed by atoms with Gasteiger partial charge < -0.3 is 11.1 Å². The monoisotopic (exact) mass is 288 g/mol. The van der Waals surface area contributed by atoms with Crippen molar-refractivity contribution in [3.05, 3.63) is 46.8 Å². The summed E-state index contributed by atoms with van der Waals surface area (Å²) < 4.78 is 1.85. The van der Waals surface area contributed by atoms with Gasteiger partial charge in [0.15, 0.2) is 0 Å². The molecule has 1 aromatic heterocycles. The van der Waals surface area contributed by atoms with Crippen molar-refractivity contribution in [2.24, 2.45) is 12.8 Å². The third kappa shape index (κ3) is 3.17. The summed E-state index contributed by atoms with van der Waals surface area (Å²) in [5, 5.41) is 7.86. The minimum absolute atomic E-state index is 0.411. The largest absolute Gasteiger partial charge is 0.389 e. The van der Waals surface area contributed by atoms with Crippen LogP contribution in [0.1, 0.15) is 29.3 Å². The summed E-state index contributed by atoms with van der Waals surface area (Å²) >= 11 is 5.10. The first-order chi connectivity index (χ1) is 9.51. The van der Waals surface area contributed by atoms with Crippen molar-refractivity contribution in [3.8, 4) is 0 Å². The number of thiocarbonyl (C=S) groups is 1. The van der Waals surface area contributed by atoms with Gasteiger partial charge in [-0.25, -0.2) is 0 Å². The number of nitrogens with zero attached hydrogens (tertiary/aromatic N) is 2. The van der Waals surface area contributed by atoms with Crippen LogP contribution in [-0.4, -0.2) is 14.8 Å². The quantitative estimate of drug-likeness (QED) is 0.830. The fourth-order valence-corrected chi connectivity index (χ4v) is 2.42. The lowest BCUT2D eigenvalue weighted by Gasteiger charge is -2.12. The summed E-state index contributed by atoms with van der Waals surface area (Å²) in [4.78, 5) is 0.411. The molecule has 0 spiro atoms. The van der Waals surface area contributed by atoms with Crippen LogP contribution in [0.4, 0.5) is 5.69 Å². The van der Waals surface area contributed by atoms with Crippen LogP contribution in [0.5, 0.6) is 0 Å². The molecule has 0 fully saturated rings. The Kier molecular flexibility index (Phi) is 4.39. The molecule has 1 heterocycles. The molecule has 20 heavy (non-hydrogen) atoms. The second-order valence-corrected chi connectivity index (χ2v) is 5.33. The summed E-state index contributed by atoms with van der Waals surface area (Å²) in [6, 6.07) is 6.04. The molecule has 1 aromatic carbocycles. The van der Waals surface area contributed by atoms with Gasteiger partial charge in [0.1, 0.15) is 4.99 Å². The van der Waals surface area contributed by atoms with Gasteiger partial charge in [0.05, 0.1) is 5.69 Å². The van der Waals surface area contributed by atoms with Gasteiger partial charge in [0.25, 0.3) is 0 Å². The SMILES string of the molecule is CCc1nn(C)cc1CNc1cc(C)ccc1C(N)=S. The van der Waals surface area contributed by atoms with Gasteiger partial charge in [-0.15, -0.1) is 0 Å². The van der Waals surface area contributed by atoms with E-state index in [0.717, 1.165) is 29.9 Å². The molecule has 0 aliphatic carbocycles. The van der Waals surface area contributed by atoms with Crippen molar-refractivity contribution in [1.82, 2.24) is 9.78 Å². The van der Waals surface area contributed by atoms with Gasteiger partial charge in [0.2, 0.25) is 0 Å². The van der Waals surface area contributed by atoms with Crippen LogP contribution in [0.25, 0.3) is 0 Å². The van der Waals surface area contributed by atoms with E-state index in [1.165, 1.54) is 11.1 Å². The van der Waals surface area contributed by atoms with Crippen LogP contribution in [0, 0.1) is 6.92 Å². The molecule has 2 aromatic rings. The Morgan fingerprint density at radius 2 is 2.20 bits per heavy atom. The maximum Gasteiger partial charge on any atom is 0.106 e. The number of anilines is 1.